The number of alkyl halides is 6. The third kappa shape index (κ3) is 15.9. The minimum absolute atomic E-state index is 0.0202. The Morgan fingerprint density at radius 1 is 0.568 bits per heavy atom. The first kappa shape index (κ1) is 63.7. The van der Waals surface area contributed by atoms with Gasteiger partial charge in [0.15, 0.2) is 27.7 Å². The summed E-state index contributed by atoms with van der Waals surface area (Å²) >= 11 is 5.51. The second-order valence-electron chi connectivity index (χ2n) is 20.3. The first-order chi connectivity index (χ1) is 41.5. The van der Waals surface area contributed by atoms with Crippen LogP contribution in [-0.4, -0.2) is 83.9 Å². The first-order valence-corrected chi connectivity index (χ1v) is 27.1. The molecule has 0 fully saturated rings. The molecule has 88 heavy (non-hydrogen) atoms. The molecule has 450 valence electrons. The summed E-state index contributed by atoms with van der Waals surface area (Å²) in [6, 6.07) is 21.7. The van der Waals surface area contributed by atoms with Gasteiger partial charge in [0.1, 0.15) is 47.4 Å². The second kappa shape index (κ2) is 26.5. The lowest BCUT2D eigenvalue weighted by molar-refractivity contribution is -0.137. The molecule has 4 aromatic carbocycles. The minimum Gasteiger partial charge on any atom is -0.378 e. The van der Waals surface area contributed by atoms with Crippen LogP contribution in [0.1, 0.15) is 85.2 Å². The molecule has 21 nitrogen and oxygen atoms in total. The average molecular weight is 1240 g/mol. The van der Waals surface area contributed by atoms with E-state index in [1.54, 1.807) is 55.0 Å². The van der Waals surface area contributed by atoms with E-state index in [9.17, 15) is 40.7 Å². The number of halogens is 7. The number of aromatic nitrogens is 10. The number of fused-ring (bicyclic) bond motifs is 3. The Morgan fingerprint density at radius 2 is 1.07 bits per heavy atom. The number of hydrogen-bond acceptors (Lipinski definition) is 18. The highest BCUT2D eigenvalue weighted by atomic mass is 35.5. The van der Waals surface area contributed by atoms with Crippen molar-refractivity contribution in [3.63, 3.8) is 0 Å². The van der Waals surface area contributed by atoms with E-state index in [-0.39, 0.29) is 34.0 Å². The summed E-state index contributed by atoms with van der Waals surface area (Å²) < 4.78 is 76.8. The van der Waals surface area contributed by atoms with E-state index in [1.807, 2.05) is 45.9 Å². The number of pyridine rings is 2. The maximum Gasteiger partial charge on any atom is 0.439 e. The quantitative estimate of drug-likeness (QED) is 0.0380. The van der Waals surface area contributed by atoms with Crippen molar-refractivity contribution in [2.75, 3.05) is 21.3 Å². The highest BCUT2D eigenvalue weighted by Crippen LogP contribution is 2.37. The molecule has 0 spiro atoms. The van der Waals surface area contributed by atoms with E-state index in [0.717, 1.165) is 45.6 Å². The summed E-state index contributed by atoms with van der Waals surface area (Å²) in [7, 11) is 0. The molecule has 0 bridgehead atoms. The molecule has 6 heterocycles. The maximum absolute atomic E-state index is 13.1. The molecule has 29 heteroatoms. The van der Waals surface area contributed by atoms with Crippen LogP contribution in [0.4, 0.5) is 66.5 Å². The number of rotatable bonds is 10. The fourth-order valence-electron chi connectivity index (χ4n) is 7.94. The largest absolute Gasteiger partial charge is 0.439 e. The van der Waals surface area contributed by atoms with Gasteiger partial charge in [-0.05, 0) is 139 Å². The van der Waals surface area contributed by atoms with Crippen LogP contribution in [0.5, 0.6) is 0 Å². The lowest BCUT2D eigenvalue weighted by atomic mass is 9.88. The highest BCUT2D eigenvalue weighted by Gasteiger charge is 2.36. The number of primary amides is 1. The van der Waals surface area contributed by atoms with Gasteiger partial charge < -0.3 is 32.7 Å². The fraction of sp³-hybridized carbons (Fsp3) is 0.169. The summed E-state index contributed by atoms with van der Waals surface area (Å²) in [4.78, 5) is 82.3. The summed E-state index contributed by atoms with van der Waals surface area (Å²) in [5.41, 5.74) is 20.4. The number of nitrogens with two attached hydrogens (primary N) is 2. The van der Waals surface area contributed by atoms with Crippen LogP contribution in [0.25, 0.3) is 33.1 Å². The molecule has 0 atom stereocenters. The van der Waals surface area contributed by atoms with Gasteiger partial charge >= 0.3 is 12.4 Å². The van der Waals surface area contributed by atoms with Gasteiger partial charge in [0.2, 0.25) is 5.91 Å². The molecular formula is C59H51ClF6N18O3S. The van der Waals surface area contributed by atoms with Gasteiger partial charge in [-0.2, -0.15) is 31.3 Å². The van der Waals surface area contributed by atoms with E-state index in [2.05, 4.69) is 96.9 Å². The Bertz CT molecular complexity index is 4370. The van der Waals surface area contributed by atoms with E-state index >= 15 is 0 Å². The topological polar surface area (TPSA) is 316 Å². The van der Waals surface area contributed by atoms with Crippen molar-refractivity contribution < 1.29 is 40.7 Å². The van der Waals surface area contributed by atoms with Crippen molar-refractivity contribution >= 4 is 125 Å². The minimum atomic E-state index is -4.86. The second-order valence-corrected chi connectivity index (χ2v) is 21.7. The summed E-state index contributed by atoms with van der Waals surface area (Å²) in [5, 5.41) is 16.1. The van der Waals surface area contributed by atoms with Gasteiger partial charge in [-0.25, -0.2) is 39.9 Å². The number of nitrogens with one attached hydrogen (secondary N) is 5. The van der Waals surface area contributed by atoms with Crippen LogP contribution in [-0.2, 0) is 11.6 Å². The van der Waals surface area contributed by atoms with Crippen LogP contribution in [0.2, 0.25) is 5.02 Å². The highest BCUT2D eigenvalue weighted by molar-refractivity contribution is 8.26. The monoisotopic (exact) mass is 1240 g/mol. The number of amides is 3. The Hall–Kier alpha value is -10.4. The SMILES string of the molecule is Cc1ccc(C(=O)N=C(N)SC(=N)C(F)(F)F)cc1Nc1ncnc2cc(C(C)(C)C)cnc12.Cc1ccc(C(N)=O)cc1Nc1ncnc2cncnc12.Cc1cnc2c(Nc3cc(C(=O)Nc4ccc(Cl)c(C(F)(F)F)c4)ccc3C)ncnc2c1. The van der Waals surface area contributed by atoms with Gasteiger partial charge in [0, 0.05) is 51.8 Å². The fourth-order valence-corrected chi connectivity index (χ4v) is 8.61. The molecule has 0 unspecified atom stereocenters. The van der Waals surface area contributed by atoms with Gasteiger partial charge in [-0.3, -0.25) is 29.8 Å². The average Bonchev–Trinajstić information content (AvgIpc) is 1.79. The summed E-state index contributed by atoms with van der Waals surface area (Å²) in [5.74, 6) is -0.457. The standard InChI is InChI=1S/C23H17ClF3N5O.C22H22F3N7OS.C14H12N6O/c1-12-7-19-20(28-10-12)21(30-11-29-19)32-18-8-14(4-3-13(18)2)22(33)31-15-5-6-17(24)16(9-15)23(25,26)27;1-11-5-6-12(18(33)32-20(27)34-19(26)22(23,24)25)7-14(11)31-17-16-15(29-10-30-17)8-13(9-28-16)21(2,3)4;1-8-2-3-9(13(15)21)4-10(8)20-14-12-11(17-7-19-14)5-16-6-18-12/h3-11H,1-2H3,(H,31,33)(H,29,30,32);5-10,26H,1-4H3,(H2,27,32,33)(H,29,30,31);2-7H,1H3,(H2,15,21)(H,17,19,20). The number of nitrogens with zero attached hydrogens (tertiary/aromatic N) is 11. The van der Waals surface area contributed by atoms with Gasteiger partial charge in [-0.1, -0.05) is 50.6 Å². The van der Waals surface area contributed by atoms with Crippen molar-refractivity contribution in [3.8, 4) is 0 Å². The van der Waals surface area contributed by atoms with E-state index < -0.39 is 50.9 Å². The number of anilines is 7. The third-order valence-corrected chi connectivity index (χ3v) is 13.8. The number of hydrogen-bond donors (Lipinski definition) is 7. The molecule has 10 aromatic rings. The lowest BCUT2D eigenvalue weighted by Gasteiger charge is -2.19. The zero-order chi connectivity index (χ0) is 63.8. The number of aryl methyl sites for hydroxylation is 4. The van der Waals surface area contributed by atoms with Crippen molar-refractivity contribution in [2.24, 2.45) is 16.5 Å². The zero-order valence-electron chi connectivity index (χ0n) is 47.5. The van der Waals surface area contributed by atoms with Crippen LogP contribution in [0.15, 0.2) is 134 Å². The zero-order valence-corrected chi connectivity index (χ0v) is 49.0. The normalized spacial score (nSPS) is 11.7. The molecule has 0 saturated carbocycles. The predicted octanol–water partition coefficient (Wildman–Crippen LogP) is 13.0. The number of carbonyl (C=O) groups excluding carboxylic acids is 3. The molecule has 0 aliphatic rings. The van der Waals surface area contributed by atoms with Crippen LogP contribution < -0.4 is 32.7 Å². The van der Waals surface area contributed by atoms with Gasteiger partial charge in [0.25, 0.3) is 11.8 Å². The predicted molar refractivity (Wildman–Crippen MR) is 327 cm³/mol. The molecule has 6 aromatic heterocycles. The Labute approximate surface area is 506 Å². The van der Waals surface area contributed by atoms with E-state index in [1.165, 1.54) is 43.5 Å². The van der Waals surface area contributed by atoms with Crippen molar-refractivity contribution in [2.45, 2.75) is 66.2 Å². The molecule has 0 aliphatic heterocycles. The Morgan fingerprint density at radius 3 is 1.61 bits per heavy atom. The molecule has 0 aliphatic carbocycles. The number of amidine groups is 1. The summed E-state index contributed by atoms with van der Waals surface area (Å²) in [6.45, 7) is 13.7. The number of carbonyl (C=O) groups is 3. The molecule has 10 rings (SSSR count). The molecule has 9 N–H and O–H groups in total. The molecular weight excluding hydrogens is 1190 g/mol. The Kier molecular flexibility index (Phi) is 19.2. The summed E-state index contributed by atoms with van der Waals surface area (Å²) in [6.07, 6.45) is 1.26. The van der Waals surface area contributed by atoms with Crippen molar-refractivity contribution in [1.29, 1.82) is 5.41 Å². The molecule has 0 radical (unpaired) electrons. The smallest absolute Gasteiger partial charge is 0.378 e. The molecule has 0 saturated heterocycles. The van der Waals surface area contributed by atoms with Crippen molar-refractivity contribution in [1.82, 2.24) is 49.8 Å². The van der Waals surface area contributed by atoms with Gasteiger partial charge in [-0.15, -0.1) is 0 Å². The Balaban J connectivity index is 0.000000176. The van der Waals surface area contributed by atoms with E-state index in [4.69, 9.17) is 28.5 Å². The lowest BCUT2D eigenvalue weighted by Crippen LogP contribution is -2.23. The number of thioether (sulfide) groups is 1. The van der Waals surface area contributed by atoms with Crippen LogP contribution >= 0.6 is 23.4 Å². The molecule has 3 amide bonds. The van der Waals surface area contributed by atoms with Crippen molar-refractivity contribution in [3.05, 3.63) is 184 Å². The van der Waals surface area contributed by atoms with E-state index in [0.29, 0.717) is 67.5 Å². The third-order valence-electron chi connectivity index (χ3n) is 12.7. The number of aliphatic imine (C=N–C) groups is 1. The first-order valence-electron chi connectivity index (χ1n) is 25.9. The number of benzene rings is 4. The van der Waals surface area contributed by atoms with Crippen LogP contribution in [0, 0.1) is 33.1 Å². The van der Waals surface area contributed by atoms with Crippen LogP contribution in [0.3, 0.4) is 0 Å². The van der Waals surface area contributed by atoms with Gasteiger partial charge in [0.05, 0.1) is 27.8 Å². The maximum atomic E-state index is 13.1.